The van der Waals surface area contributed by atoms with Gasteiger partial charge in [0.25, 0.3) is 5.91 Å². The zero-order chi connectivity index (χ0) is 17.4. The first-order valence-electron chi connectivity index (χ1n) is 8.91. The lowest BCUT2D eigenvalue weighted by Crippen LogP contribution is -3.13. The van der Waals surface area contributed by atoms with Crippen LogP contribution in [0.4, 0.5) is 0 Å². The Labute approximate surface area is 145 Å². The lowest BCUT2D eigenvalue weighted by atomic mass is 10.0. The summed E-state index contributed by atoms with van der Waals surface area (Å²) in [4.78, 5) is 13.5. The molecule has 0 spiro atoms. The van der Waals surface area contributed by atoms with Crippen LogP contribution < -0.4 is 15.1 Å². The number of ether oxygens (including phenoxy) is 1. The topological polar surface area (TPSA) is 55.1 Å². The van der Waals surface area contributed by atoms with E-state index in [4.69, 9.17) is 4.74 Å². The van der Waals surface area contributed by atoms with Crippen LogP contribution in [0.1, 0.15) is 48.8 Å². The molecule has 132 valence electrons. The molecule has 1 fully saturated rings. The van der Waals surface area contributed by atoms with Crippen LogP contribution in [-0.2, 0) is 4.79 Å². The van der Waals surface area contributed by atoms with Crippen LogP contribution in [0.2, 0.25) is 0 Å². The number of amides is 1. The van der Waals surface area contributed by atoms with Gasteiger partial charge in [0.15, 0.2) is 6.54 Å². The second kappa shape index (κ2) is 9.42. The SMILES string of the molecule is COc1ccc(/C=N\NC(=O)C[NH+]2CCCCCCC2)c(C)c1C. The number of carbonyl (C=O) groups excluding carboxylic acids is 1. The van der Waals surface area contributed by atoms with Crippen molar-refractivity contribution in [2.24, 2.45) is 5.10 Å². The number of nitrogens with zero attached hydrogens (tertiary/aromatic N) is 1. The molecule has 2 N–H and O–H groups in total. The Bertz CT molecular complexity index is 576. The van der Waals surface area contributed by atoms with Gasteiger partial charge in [0.1, 0.15) is 5.75 Å². The fraction of sp³-hybridized carbons (Fsp3) is 0.579. The quantitative estimate of drug-likeness (QED) is 0.636. The number of hydrogen-bond acceptors (Lipinski definition) is 3. The van der Waals surface area contributed by atoms with Crippen molar-refractivity contribution in [3.05, 3.63) is 28.8 Å². The molecule has 0 atom stereocenters. The van der Waals surface area contributed by atoms with E-state index in [2.05, 4.69) is 10.5 Å². The zero-order valence-corrected chi connectivity index (χ0v) is 15.2. The molecule has 1 aromatic rings. The van der Waals surface area contributed by atoms with Crippen LogP contribution in [0, 0.1) is 13.8 Å². The lowest BCUT2D eigenvalue weighted by Gasteiger charge is -2.20. The molecule has 0 saturated carbocycles. The van der Waals surface area contributed by atoms with E-state index in [0.717, 1.165) is 35.5 Å². The van der Waals surface area contributed by atoms with Crippen LogP contribution in [0.15, 0.2) is 17.2 Å². The molecule has 5 nitrogen and oxygen atoms in total. The normalized spacial score (nSPS) is 16.6. The molecule has 2 rings (SSSR count). The van der Waals surface area contributed by atoms with E-state index in [1.165, 1.54) is 37.0 Å². The first-order chi connectivity index (χ1) is 11.6. The van der Waals surface area contributed by atoms with Crippen molar-refractivity contribution in [1.82, 2.24) is 5.43 Å². The maximum Gasteiger partial charge on any atom is 0.295 e. The first kappa shape index (κ1) is 18.5. The Balaban J connectivity index is 1.86. The van der Waals surface area contributed by atoms with Gasteiger partial charge in [-0.15, -0.1) is 0 Å². The second-order valence-corrected chi connectivity index (χ2v) is 6.59. The number of carbonyl (C=O) groups is 1. The Morgan fingerprint density at radius 1 is 1.17 bits per heavy atom. The molecular formula is C19H30N3O2+. The predicted octanol–water partition coefficient (Wildman–Crippen LogP) is 1.61. The van der Waals surface area contributed by atoms with Crippen LogP contribution in [0.3, 0.4) is 0 Å². The van der Waals surface area contributed by atoms with Crippen LogP contribution in [-0.4, -0.2) is 38.9 Å². The number of rotatable bonds is 5. The summed E-state index contributed by atoms with van der Waals surface area (Å²) in [6.45, 7) is 6.75. The Morgan fingerprint density at radius 2 is 1.83 bits per heavy atom. The van der Waals surface area contributed by atoms with Gasteiger partial charge in [-0.3, -0.25) is 4.79 Å². The summed E-state index contributed by atoms with van der Waals surface area (Å²) < 4.78 is 5.31. The average molecular weight is 332 g/mol. The van der Waals surface area contributed by atoms with Crippen molar-refractivity contribution in [2.45, 2.75) is 46.0 Å². The maximum absolute atomic E-state index is 12.1. The molecule has 0 bridgehead atoms. The summed E-state index contributed by atoms with van der Waals surface area (Å²) in [5, 5.41) is 4.13. The number of nitrogens with one attached hydrogen (secondary N) is 2. The van der Waals surface area contributed by atoms with Gasteiger partial charge in [0, 0.05) is 0 Å². The van der Waals surface area contributed by atoms with E-state index in [9.17, 15) is 4.79 Å². The minimum atomic E-state index is -0.00953. The molecule has 5 heteroatoms. The number of likely N-dealkylation sites (tertiary alicyclic amines) is 1. The molecule has 1 aliphatic rings. The minimum Gasteiger partial charge on any atom is -0.496 e. The van der Waals surface area contributed by atoms with E-state index in [1.807, 2.05) is 26.0 Å². The Morgan fingerprint density at radius 3 is 2.50 bits per heavy atom. The van der Waals surface area contributed by atoms with Crippen molar-refractivity contribution in [3.8, 4) is 5.75 Å². The highest BCUT2D eigenvalue weighted by molar-refractivity contribution is 5.84. The van der Waals surface area contributed by atoms with E-state index in [-0.39, 0.29) is 5.91 Å². The van der Waals surface area contributed by atoms with E-state index in [1.54, 1.807) is 13.3 Å². The number of quaternary nitrogens is 1. The van der Waals surface area contributed by atoms with E-state index < -0.39 is 0 Å². The minimum absolute atomic E-state index is 0.00953. The molecule has 0 aromatic heterocycles. The van der Waals surface area contributed by atoms with Gasteiger partial charge >= 0.3 is 0 Å². The summed E-state index contributed by atoms with van der Waals surface area (Å²) >= 11 is 0. The highest BCUT2D eigenvalue weighted by atomic mass is 16.5. The molecule has 0 aliphatic carbocycles. The van der Waals surface area contributed by atoms with E-state index >= 15 is 0 Å². The number of benzene rings is 1. The van der Waals surface area contributed by atoms with Crippen LogP contribution >= 0.6 is 0 Å². The van der Waals surface area contributed by atoms with E-state index in [0.29, 0.717) is 6.54 Å². The zero-order valence-electron chi connectivity index (χ0n) is 15.2. The Hall–Kier alpha value is -1.88. The van der Waals surface area contributed by atoms with Gasteiger partial charge < -0.3 is 9.64 Å². The van der Waals surface area contributed by atoms with Gasteiger partial charge in [0.2, 0.25) is 0 Å². The second-order valence-electron chi connectivity index (χ2n) is 6.59. The first-order valence-corrected chi connectivity index (χ1v) is 8.91. The fourth-order valence-corrected chi connectivity index (χ4v) is 3.20. The third kappa shape index (κ3) is 5.34. The van der Waals surface area contributed by atoms with Gasteiger partial charge in [-0.2, -0.15) is 5.10 Å². The highest BCUT2D eigenvalue weighted by Gasteiger charge is 2.15. The third-order valence-electron chi connectivity index (χ3n) is 4.86. The molecule has 0 unspecified atom stereocenters. The van der Waals surface area contributed by atoms with Gasteiger partial charge in [-0.05, 0) is 68.4 Å². The molecular weight excluding hydrogens is 302 g/mol. The monoisotopic (exact) mass is 332 g/mol. The number of methoxy groups -OCH3 is 1. The number of hydrogen-bond donors (Lipinski definition) is 2. The molecule has 1 heterocycles. The van der Waals surface area contributed by atoms with Crippen molar-refractivity contribution < 1.29 is 14.4 Å². The number of hydrazone groups is 1. The lowest BCUT2D eigenvalue weighted by molar-refractivity contribution is -0.893. The Kier molecular flexibility index (Phi) is 7.25. The van der Waals surface area contributed by atoms with Crippen molar-refractivity contribution >= 4 is 12.1 Å². The molecule has 1 saturated heterocycles. The van der Waals surface area contributed by atoms with Crippen molar-refractivity contribution in [2.75, 3.05) is 26.7 Å². The van der Waals surface area contributed by atoms with Crippen LogP contribution in [0.5, 0.6) is 5.75 Å². The summed E-state index contributed by atoms with van der Waals surface area (Å²) in [7, 11) is 1.67. The van der Waals surface area contributed by atoms with Crippen LogP contribution in [0.25, 0.3) is 0 Å². The average Bonchev–Trinajstić information content (AvgIpc) is 2.54. The van der Waals surface area contributed by atoms with Gasteiger partial charge in [0.05, 0.1) is 26.4 Å². The predicted molar refractivity (Wildman–Crippen MR) is 96.9 cm³/mol. The molecule has 24 heavy (non-hydrogen) atoms. The summed E-state index contributed by atoms with van der Waals surface area (Å²) in [5.41, 5.74) is 5.87. The summed E-state index contributed by atoms with van der Waals surface area (Å²) in [5.74, 6) is 0.860. The van der Waals surface area contributed by atoms with Gasteiger partial charge in [-0.1, -0.05) is 6.42 Å². The largest absolute Gasteiger partial charge is 0.496 e. The van der Waals surface area contributed by atoms with Crippen molar-refractivity contribution in [1.29, 1.82) is 0 Å². The highest BCUT2D eigenvalue weighted by Crippen LogP contribution is 2.22. The molecule has 1 amide bonds. The molecule has 1 aliphatic heterocycles. The maximum atomic E-state index is 12.1. The van der Waals surface area contributed by atoms with Gasteiger partial charge in [-0.25, -0.2) is 5.43 Å². The summed E-state index contributed by atoms with van der Waals surface area (Å²) in [6, 6.07) is 3.89. The fourth-order valence-electron chi connectivity index (χ4n) is 3.20. The third-order valence-corrected chi connectivity index (χ3v) is 4.86. The smallest absolute Gasteiger partial charge is 0.295 e. The molecule has 1 aromatic carbocycles. The standard InChI is InChI=1S/C19H29N3O2/c1-15-16(2)18(24-3)10-9-17(15)13-20-21-19(23)14-22-11-7-5-4-6-8-12-22/h9-10,13H,4-8,11-12,14H2,1-3H3,(H,21,23)/p+1/b20-13-. The van der Waals surface area contributed by atoms with Crippen molar-refractivity contribution in [3.63, 3.8) is 0 Å². The summed E-state index contributed by atoms with van der Waals surface area (Å²) in [6.07, 6.45) is 8.07. The molecule has 0 radical (unpaired) electrons.